The van der Waals surface area contributed by atoms with Crippen molar-refractivity contribution in [3.05, 3.63) is 83.5 Å². The summed E-state index contributed by atoms with van der Waals surface area (Å²) < 4.78 is 13.7. The maximum Gasteiger partial charge on any atom is 0.254 e. The fourth-order valence-corrected chi connectivity index (χ4v) is 4.80. The summed E-state index contributed by atoms with van der Waals surface area (Å²) >= 11 is 5.97. The summed E-state index contributed by atoms with van der Waals surface area (Å²) in [6.07, 6.45) is 4.44. The third-order valence-electron chi connectivity index (χ3n) is 6.45. The minimum absolute atomic E-state index is 0.0394. The Kier molecular flexibility index (Phi) is 5.62. The second-order valence-corrected chi connectivity index (χ2v) is 9.11. The van der Waals surface area contributed by atoms with E-state index in [0.29, 0.717) is 34.5 Å². The number of ether oxygens (including phenoxy) is 1. The van der Waals surface area contributed by atoms with E-state index in [1.807, 2.05) is 47.4 Å². The van der Waals surface area contributed by atoms with Gasteiger partial charge in [0.25, 0.3) is 5.91 Å². The lowest BCUT2D eigenvalue weighted by molar-refractivity contribution is 0.0719. The minimum atomic E-state index is 0.0394. The standard InChI is InChI=1S/C27H23ClN4O3/c28-20-9-7-18(8-10-20)27(33)31-14-3-5-21(31)13-15-34-26-12-11-25-29-17-22(32(25)30-26)24-16-19-4-1-2-6-23(19)35-24/h1-2,4,6-12,16-17,21H,3,5,13-15H2. The van der Waals surface area contributed by atoms with Gasteiger partial charge in [-0.2, -0.15) is 0 Å². The van der Waals surface area contributed by atoms with Crippen LogP contribution in [-0.2, 0) is 0 Å². The molecule has 1 fully saturated rings. The number of furan rings is 1. The molecule has 4 heterocycles. The fraction of sp³-hybridized carbons (Fsp3) is 0.222. The highest BCUT2D eigenvalue weighted by atomic mass is 35.5. The predicted octanol–water partition coefficient (Wildman–Crippen LogP) is 5.87. The topological polar surface area (TPSA) is 72.9 Å². The van der Waals surface area contributed by atoms with Crippen LogP contribution in [-0.4, -0.2) is 44.6 Å². The molecule has 6 rings (SSSR count). The van der Waals surface area contributed by atoms with Crippen molar-refractivity contribution in [2.45, 2.75) is 25.3 Å². The number of aromatic nitrogens is 3. The van der Waals surface area contributed by atoms with Crippen molar-refractivity contribution in [2.75, 3.05) is 13.2 Å². The summed E-state index contributed by atoms with van der Waals surface area (Å²) in [6.45, 7) is 1.22. The molecule has 1 amide bonds. The molecule has 1 unspecified atom stereocenters. The first kappa shape index (κ1) is 21.7. The summed E-state index contributed by atoms with van der Waals surface area (Å²) in [5, 5.41) is 6.29. The van der Waals surface area contributed by atoms with E-state index in [0.717, 1.165) is 42.5 Å². The average Bonchev–Trinajstić information content (AvgIpc) is 3.61. The van der Waals surface area contributed by atoms with Gasteiger partial charge in [-0.05, 0) is 55.3 Å². The second kappa shape index (κ2) is 9.07. The van der Waals surface area contributed by atoms with E-state index in [-0.39, 0.29) is 11.9 Å². The summed E-state index contributed by atoms with van der Waals surface area (Å²) in [5.74, 6) is 1.24. The van der Waals surface area contributed by atoms with Crippen molar-refractivity contribution >= 4 is 34.1 Å². The predicted molar refractivity (Wildman–Crippen MR) is 134 cm³/mol. The van der Waals surface area contributed by atoms with Gasteiger partial charge in [-0.3, -0.25) is 4.79 Å². The molecule has 0 bridgehead atoms. The van der Waals surface area contributed by atoms with Crippen molar-refractivity contribution in [1.29, 1.82) is 0 Å². The van der Waals surface area contributed by atoms with Gasteiger partial charge in [0, 0.05) is 41.0 Å². The van der Waals surface area contributed by atoms with Gasteiger partial charge in [-0.25, -0.2) is 9.50 Å². The number of para-hydroxylation sites is 1. The molecule has 3 aromatic heterocycles. The Labute approximate surface area is 206 Å². The highest BCUT2D eigenvalue weighted by molar-refractivity contribution is 6.30. The molecule has 1 saturated heterocycles. The third kappa shape index (κ3) is 4.23. The normalized spacial score (nSPS) is 15.8. The number of carbonyl (C=O) groups is 1. The van der Waals surface area contributed by atoms with Gasteiger partial charge in [0.05, 0.1) is 12.8 Å². The zero-order valence-corrected chi connectivity index (χ0v) is 19.7. The van der Waals surface area contributed by atoms with E-state index < -0.39 is 0 Å². The van der Waals surface area contributed by atoms with Crippen LogP contribution in [0.1, 0.15) is 29.6 Å². The number of rotatable bonds is 6. The maximum absolute atomic E-state index is 13.0. The third-order valence-corrected chi connectivity index (χ3v) is 6.70. The molecule has 0 spiro atoms. The molecule has 1 aliphatic heterocycles. The van der Waals surface area contributed by atoms with Crippen LogP contribution < -0.4 is 4.74 Å². The number of imidazole rings is 1. The van der Waals surface area contributed by atoms with Gasteiger partial charge >= 0.3 is 0 Å². The molecule has 1 aliphatic rings. The van der Waals surface area contributed by atoms with E-state index in [1.165, 1.54) is 0 Å². The molecule has 176 valence electrons. The van der Waals surface area contributed by atoms with Crippen LogP contribution in [0.15, 0.2) is 77.3 Å². The van der Waals surface area contributed by atoms with Crippen LogP contribution in [0, 0.1) is 0 Å². The Bertz CT molecular complexity index is 1480. The quantitative estimate of drug-likeness (QED) is 0.300. The number of nitrogens with zero attached hydrogens (tertiary/aromatic N) is 4. The highest BCUT2D eigenvalue weighted by Gasteiger charge is 2.29. The smallest absolute Gasteiger partial charge is 0.254 e. The number of fused-ring (bicyclic) bond motifs is 2. The van der Waals surface area contributed by atoms with Crippen LogP contribution in [0.25, 0.3) is 28.1 Å². The molecule has 1 atom stereocenters. The van der Waals surface area contributed by atoms with Crippen molar-refractivity contribution in [3.63, 3.8) is 0 Å². The summed E-state index contributed by atoms with van der Waals surface area (Å²) in [4.78, 5) is 19.4. The maximum atomic E-state index is 13.0. The Morgan fingerprint density at radius 2 is 1.97 bits per heavy atom. The van der Waals surface area contributed by atoms with Crippen molar-refractivity contribution in [2.24, 2.45) is 0 Å². The van der Waals surface area contributed by atoms with Gasteiger partial charge in [0.2, 0.25) is 5.88 Å². The largest absolute Gasteiger partial charge is 0.477 e. The molecule has 7 nitrogen and oxygen atoms in total. The highest BCUT2D eigenvalue weighted by Crippen LogP contribution is 2.28. The van der Waals surface area contributed by atoms with E-state index in [9.17, 15) is 4.79 Å². The molecule has 2 aromatic carbocycles. The summed E-state index contributed by atoms with van der Waals surface area (Å²) in [5.41, 5.74) is 2.95. The first-order valence-electron chi connectivity index (χ1n) is 11.7. The molecule has 35 heavy (non-hydrogen) atoms. The SMILES string of the molecule is O=C(c1ccc(Cl)cc1)N1CCCC1CCOc1ccc2ncc(-c3cc4ccccc4o3)n2n1. The number of likely N-dealkylation sites (tertiary alicyclic amines) is 1. The van der Waals surface area contributed by atoms with Crippen LogP contribution in [0.3, 0.4) is 0 Å². The molecular weight excluding hydrogens is 464 g/mol. The first-order chi connectivity index (χ1) is 17.2. The molecule has 0 radical (unpaired) electrons. The van der Waals surface area contributed by atoms with Crippen molar-refractivity contribution < 1.29 is 13.9 Å². The minimum Gasteiger partial charge on any atom is -0.477 e. The number of benzene rings is 2. The first-order valence-corrected chi connectivity index (χ1v) is 12.1. The van der Waals surface area contributed by atoms with Gasteiger partial charge < -0.3 is 14.1 Å². The number of amides is 1. The number of carbonyl (C=O) groups excluding carboxylic acids is 1. The van der Waals surface area contributed by atoms with E-state index in [2.05, 4.69) is 10.1 Å². The summed E-state index contributed by atoms with van der Waals surface area (Å²) in [6, 6.07) is 20.8. The molecular formula is C27H23ClN4O3. The fourth-order valence-electron chi connectivity index (χ4n) is 4.67. The Morgan fingerprint density at radius 3 is 2.83 bits per heavy atom. The number of hydrogen-bond donors (Lipinski definition) is 0. The van der Waals surface area contributed by atoms with Gasteiger partial charge in [0.1, 0.15) is 11.3 Å². The monoisotopic (exact) mass is 486 g/mol. The molecule has 0 N–H and O–H groups in total. The summed E-state index contributed by atoms with van der Waals surface area (Å²) in [7, 11) is 0. The molecule has 5 aromatic rings. The lowest BCUT2D eigenvalue weighted by Crippen LogP contribution is -2.36. The number of hydrogen-bond acceptors (Lipinski definition) is 5. The molecule has 8 heteroatoms. The average molecular weight is 487 g/mol. The molecule has 0 aliphatic carbocycles. The van der Waals surface area contributed by atoms with Gasteiger partial charge in [-0.15, -0.1) is 5.10 Å². The Balaban J connectivity index is 1.15. The lowest BCUT2D eigenvalue weighted by atomic mass is 10.1. The zero-order valence-electron chi connectivity index (χ0n) is 18.9. The second-order valence-electron chi connectivity index (χ2n) is 8.67. The Morgan fingerprint density at radius 1 is 1.11 bits per heavy atom. The van der Waals surface area contributed by atoms with Crippen LogP contribution in [0.2, 0.25) is 5.02 Å². The molecule has 0 saturated carbocycles. The van der Waals surface area contributed by atoms with Crippen LogP contribution >= 0.6 is 11.6 Å². The van der Waals surface area contributed by atoms with E-state index in [4.69, 9.17) is 20.8 Å². The van der Waals surface area contributed by atoms with Crippen LogP contribution in [0.4, 0.5) is 0 Å². The lowest BCUT2D eigenvalue weighted by Gasteiger charge is -2.24. The zero-order chi connectivity index (χ0) is 23.8. The van der Waals surface area contributed by atoms with Crippen LogP contribution in [0.5, 0.6) is 5.88 Å². The Hall–Kier alpha value is -3.84. The van der Waals surface area contributed by atoms with E-state index >= 15 is 0 Å². The van der Waals surface area contributed by atoms with Crippen molar-refractivity contribution in [3.8, 4) is 17.3 Å². The van der Waals surface area contributed by atoms with Gasteiger partial charge in [0.15, 0.2) is 11.4 Å². The number of halogens is 1. The van der Waals surface area contributed by atoms with Crippen molar-refractivity contribution in [1.82, 2.24) is 19.5 Å². The van der Waals surface area contributed by atoms with Gasteiger partial charge in [-0.1, -0.05) is 29.8 Å². The van der Waals surface area contributed by atoms with E-state index in [1.54, 1.807) is 35.0 Å².